The van der Waals surface area contributed by atoms with E-state index < -0.39 is 5.97 Å². The molecule has 0 heterocycles. The van der Waals surface area contributed by atoms with Gasteiger partial charge in [0.05, 0.1) is 5.56 Å². The van der Waals surface area contributed by atoms with Crippen molar-refractivity contribution in [1.82, 2.24) is 10.2 Å². The van der Waals surface area contributed by atoms with Crippen LogP contribution in [-0.2, 0) is 6.54 Å². The summed E-state index contributed by atoms with van der Waals surface area (Å²) >= 11 is 3.42. The molecule has 0 bridgehead atoms. The molecule has 1 rings (SSSR count). The summed E-state index contributed by atoms with van der Waals surface area (Å²) in [5.41, 5.74) is 1.56. The van der Waals surface area contributed by atoms with E-state index in [1.165, 1.54) is 0 Å². The molecule has 0 unspecified atom stereocenters. The van der Waals surface area contributed by atoms with Crippen LogP contribution >= 0.6 is 15.9 Å². The maximum atomic E-state index is 10.9. The highest BCUT2D eigenvalue weighted by atomic mass is 79.9. The number of carboxylic acids is 1. The summed E-state index contributed by atoms with van der Waals surface area (Å²) in [6.45, 7) is 7.08. The molecule has 0 aliphatic carbocycles. The van der Waals surface area contributed by atoms with Crippen LogP contribution < -0.4 is 5.32 Å². The number of rotatable bonds is 7. The minimum absolute atomic E-state index is 0.191. The molecule has 112 valence electrons. The van der Waals surface area contributed by atoms with Crippen LogP contribution in [0.2, 0.25) is 0 Å². The van der Waals surface area contributed by atoms with Gasteiger partial charge in [-0.1, -0.05) is 35.8 Å². The van der Waals surface area contributed by atoms with Crippen molar-refractivity contribution in [2.45, 2.75) is 20.4 Å². The van der Waals surface area contributed by atoms with Gasteiger partial charge in [0.1, 0.15) is 0 Å². The predicted molar refractivity (Wildman–Crippen MR) is 85.1 cm³/mol. The van der Waals surface area contributed by atoms with Gasteiger partial charge in [0.15, 0.2) is 0 Å². The molecule has 1 aromatic rings. The van der Waals surface area contributed by atoms with Gasteiger partial charge in [0.25, 0.3) is 0 Å². The Kier molecular flexibility index (Phi) is 6.17. The Hall–Kier alpha value is -0.910. The fourth-order valence-corrected chi connectivity index (χ4v) is 2.79. The van der Waals surface area contributed by atoms with Crippen LogP contribution in [0.5, 0.6) is 0 Å². The number of nitrogens with one attached hydrogen (secondary N) is 1. The van der Waals surface area contributed by atoms with Gasteiger partial charge in [-0.3, -0.25) is 0 Å². The number of aromatic carboxylic acids is 1. The summed E-state index contributed by atoms with van der Waals surface area (Å²) in [7, 11) is 4.14. The first-order valence-electron chi connectivity index (χ1n) is 6.58. The molecule has 0 atom stereocenters. The lowest BCUT2D eigenvalue weighted by Crippen LogP contribution is -2.37. The van der Waals surface area contributed by atoms with Crippen LogP contribution in [-0.4, -0.2) is 43.2 Å². The van der Waals surface area contributed by atoms with E-state index in [2.05, 4.69) is 54.1 Å². The van der Waals surface area contributed by atoms with Crippen molar-refractivity contribution in [1.29, 1.82) is 0 Å². The van der Waals surface area contributed by atoms with E-state index in [0.29, 0.717) is 5.56 Å². The van der Waals surface area contributed by atoms with Gasteiger partial charge < -0.3 is 15.3 Å². The largest absolute Gasteiger partial charge is 0.478 e. The molecule has 0 aromatic heterocycles. The molecular formula is C15H23BrN2O2. The van der Waals surface area contributed by atoms with Gasteiger partial charge in [-0.2, -0.15) is 0 Å². The third-order valence-corrected chi connectivity index (χ3v) is 3.70. The summed E-state index contributed by atoms with van der Waals surface area (Å²) in [5, 5.41) is 12.4. The van der Waals surface area contributed by atoms with E-state index in [4.69, 9.17) is 5.11 Å². The number of halogens is 1. The molecule has 5 heteroatoms. The van der Waals surface area contributed by atoms with Gasteiger partial charge >= 0.3 is 5.97 Å². The number of carbonyl (C=O) groups is 1. The van der Waals surface area contributed by atoms with Crippen molar-refractivity contribution in [3.05, 3.63) is 33.8 Å². The third-order valence-electron chi connectivity index (χ3n) is 2.96. The maximum absolute atomic E-state index is 10.9. The first-order valence-corrected chi connectivity index (χ1v) is 7.38. The maximum Gasteiger partial charge on any atom is 0.335 e. The number of hydrogen-bond donors (Lipinski definition) is 2. The van der Waals surface area contributed by atoms with Gasteiger partial charge in [-0.25, -0.2) is 4.79 Å². The zero-order valence-corrected chi connectivity index (χ0v) is 14.1. The van der Waals surface area contributed by atoms with Crippen LogP contribution in [0.25, 0.3) is 0 Å². The topological polar surface area (TPSA) is 52.6 Å². The van der Waals surface area contributed by atoms with E-state index >= 15 is 0 Å². The molecule has 0 radical (unpaired) electrons. The molecule has 2 N–H and O–H groups in total. The molecular weight excluding hydrogens is 320 g/mol. The summed E-state index contributed by atoms with van der Waals surface area (Å²) < 4.78 is 0.829. The molecule has 0 aliphatic heterocycles. The highest BCUT2D eigenvalue weighted by molar-refractivity contribution is 9.10. The Morgan fingerprint density at radius 3 is 2.55 bits per heavy atom. The van der Waals surface area contributed by atoms with Crippen LogP contribution in [0.15, 0.2) is 22.7 Å². The van der Waals surface area contributed by atoms with E-state index in [1.54, 1.807) is 12.1 Å². The van der Waals surface area contributed by atoms with Crippen LogP contribution in [0.1, 0.15) is 29.8 Å². The van der Waals surface area contributed by atoms with Crippen molar-refractivity contribution in [3.8, 4) is 0 Å². The lowest BCUT2D eigenvalue weighted by molar-refractivity contribution is 0.0697. The lowest BCUT2D eigenvalue weighted by atomic mass is 9.93. The monoisotopic (exact) mass is 342 g/mol. The minimum Gasteiger partial charge on any atom is -0.478 e. The molecule has 4 nitrogen and oxygen atoms in total. The fourth-order valence-electron chi connectivity index (χ4n) is 2.27. The second-order valence-electron chi connectivity index (χ2n) is 6.12. The summed E-state index contributed by atoms with van der Waals surface area (Å²) in [5.74, 6) is -0.905. The molecule has 0 spiro atoms. The fraction of sp³-hybridized carbons (Fsp3) is 0.533. The van der Waals surface area contributed by atoms with Crippen molar-refractivity contribution in [2.24, 2.45) is 5.41 Å². The molecule has 1 aromatic carbocycles. The molecule has 20 heavy (non-hydrogen) atoms. The average Bonchev–Trinajstić information content (AvgIpc) is 2.29. The summed E-state index contributed by atoms with van der Waals surface area (Å²) in [6.07, 6.45) is 0. The number of nitrogens with zero attached hydrogens (tertiary/aromatic N) is 1. The Labute approximate surface area is 129 Å². The summed E-state index contributed by atoms with van der Waals surface area (Å²) in [4.78, 5) is 13.1. The second kappa shape index (κ2) is 7.20. The van der Waals surface area contributed by atoms with Crippen LogP contribution in [0.3, 0.4) is 0 Å². The van der Waals surface area contributed by atoms with Crippen molar-refractivity contribution in [3.63, 3.8) is 0 Å². The van der Waals surface area contributed by atoms with Crippen molar-refractivity contribution < 1.29 is 9.90 Å². The Bertz CT molecular complexity index is 473. The Morgan fingerprint density at radius 2 is 2.05 bits per heavy atom. The Morgan fingerprint density at radius 1 is 1.40 bits per heavy atom. The SMILES string of the molecule is CN(C)CC(C)(C)CNCc1ccc(C(=O)O)cc1Br. The van der Waals surface area contributed by atoms with E-state index in [1.807, 2.05) is 6.07 Å². The lowest BCUT2D eigenvalue weighted by Gasteiger charge is -2.28. The highest BCUT2D eigenvalue weighted by Gasteiger charge is 2.18. The molecule has 0 fully saturated rings. The predicted octanol–water partition coefficient (Wildman–Crippen LogP) is 2.82. The first-order chi connectivity index (χ1) is 9.21. The van der Waals surface area contributed by atoms with Crippen LogP contribution in [0, 0.1) is 5.41 Å². The van der Waals surface area contributed by atoms with Gasteiger partial charge in [0.2, 0.25) is 0 Å². The van der Waals surface area contributed by atoms with Gasteiger partial charge in [0, 0.05) is 24.1 Å². The minimum atomic E-state index is -0.905. The van der Waals surface area contributed by atoms with E-state index in [0.717, 1.165) is 29.7 Å². The van der Waals surface area contributed by atoms with E-state index in [9.17, 15) is 4.79 Å². The first kappa shape index (κ1) is 17.1. The standard InChI is InChI=1S/C15H23BrN2O2/c1-15(2,10-18(3)4)9-17-8-12-6-5-11(14(19)20)7-13(12)16/h5-7,17H,8-10H2,1-4H3,(H,19,20). The molecule has 0 saturated carbocycles. The number of benzene rings is 1. The summed E-state index contributed by atoms with van der Waals surface area (Å²) in [6, 6.07) is 5.12. The highest BCUT2D eigenvalue weighted by Crippen LogP contribution is 2.20. The van der Waals surface area contributed by atoms with Crippen molar-refractivity contribution >= 4 is 21.9 Å². The van der Waals surface area contributed by atoms with Crippen molar-refractivity contribution in [2.75, 3.05) is 27.2 Å². The smallest absolute Gasteiger partial charge is 0.335 e. The zero-order valence-electron chi connectivity index (χ0n) is 12.5. The van der Waals surface area contributed by atoms with Gasteiger partial charge in [-0.05, 0) is 37.2 Å². The molecule has 0 saturated heterocycles. The normalized spacial score (nSPS) is 11.9. The molecule has 0 amide bonds. The quantitative estimate of drug-likeness (QED) is 0.799. The zero-order chi connectivity index (χ0) is 15.3. The van der Waals surface area contributed by atoms with Crippen LogP contribution in [0.4, 0.5) is 0 Å². The average molecular weight is 343 g/mol. The Balaban J connectivity index is 2.56. The second-order valence-corrected chi connectivity index (χ2v) is 6.97. The number of carboxylic acid groups (broad SMARTS) is 1. The third kappa shape index (κ3) is 5.61. The van der Waals surface area contributed by atoms with Gasteiger partial charge in [-0.15, -0.1) is 0 Å². The molecule has 0 aliphatic rings. The van der Waals surface area contributed by atoms with E-state index in [-0.39, 0.29) is 5.41 Å². The number of hydrogen-bond acceptors (Lipinski definition) is 3.